The maximum Gasteiger partial charge on any atom is 0.302 e. The van der Waals surface area contributed by atoms with E-state index in [-0.39, 0.29) is 63.7 Å². The predicted molar refractivity (Wildman–Crippen MR) is 167 cm³/mol. The van der Waals surface area contributed by atoms with Crippen LogP contribution >= 0.6 is 0 Å². The molecule has 1 aromatic heterocycles. The van der Waals surface area contributed by atoms with E-state index in [2.05, 4.69) is 58.9 Å². The van der Waals surface area contributed by atoms with E-state index in [1.54, 1.807) is 4.68 Å². The van der Waals surface area contributed by atoms with E-state index in [0.717, 1.165) is 50.5 Å². The quantitative estimate of drug-likeness (QED) is 0.372. The van der Waals surface area contributed by atoms with Crippen molar-refractivity contribution in [2.75, 3.05) is 5.32 Å². The van der Waals surface area contributed by atoms with Crippen molar-refractivity contribution in [3.8, 4) is 0 Å². The van der Waals surface area contributed by atoms with Gasteiger partial charge in [0.25, 0.3) is 0 Å². The second-order valence-electron chi connectivity index (χ2n) is 16.6. The highest BCUT2D eigenvalue weighted by molar-refractivity contribution is 6.09. The van der Waals surface area contributed by atoms with Gasteiger partial charge in [0.1, 0.15) is 6.10 Å². The molecule has 2 unspecified atom stereocenters. The van der Waals surface area contributed by atoms with Crippen molar-refractivity contribution in [2.24, 2.45) is 57.8 Å². The number of anilines is 1. The number of aromatic nitrogens is 2. The fraction of sp³-hybridized carbons (Fsp3) is 0.778. The van der Waals surface area contributed by atoms with Crippen LogP contribution in [0, 0.1) is 50.7 Å². The molecule has 43 heavy (non-hydrogen) atoms. The van der Waals surface area contributed by atoms with Gasteiger partial charge in [-0.15, -0.1) is 0 Å². The summed E-state index contributed by atoms with van der Waals surface area (Å²) in [5.41, 5.74) is 1.48. The van der Waals surface area contributed by atoms with E-state index in [1.165, 1.54) is 12.5 Å². The Kier molecular flexibility index (Phi) is 6.95. The van der Waals surface area contributed by atoms with Crippen molar-refractivity contribution in [3.05, 3.63) is 23.4 Å². The number of nitrogens with one attached hydrogen (secondary N) is 1. The second kappa shape index (κ2) is 9.78. The van der Waals surface area contributed by atoms with Gasteiger partial charge in [-0.3, -0.25) is 19.1 Å². The first-order valence-electron chi connectivity index (χ1n) is 16.8. The summed E-state index contributed by atoms with van der Waals surface area (Å²) in [5.74, 6) is 1.83. The van der Waals surface area contributed by atoms with Crippen molar-refractivity contribution in [1.29, 1.82) is 0 Å². The molecule has 0 aliphatic heterocycles. The van der Waals surface area contributed by atoms with E-state index in [1.807, 2.05) is 19.3 Å². The molecule has 5 aliphatic rings. The Labute approximate surface area is 258 Å². The Balaban J connectivity index is 1.39. The minimum Gasteiger partial charge on any atom is -0.462 e. The average Bonchev–Trinajstić information content (AvgIpc) is 3.46. The summed E-state index contributed by atoms with van der Waals surface area (Å²) in [7, 11) is 1.85. The van der Waals surface area contributed by atoms with Crippen LogP contribution in [0.15, 0.2) is 23.4 Å². The average molecular weight is 592 g/mol. The number of hydrogen-bond acceptors (Lipinski definition) is 5. The number of ketones is 1. The lowest BCUT2D eigenvalue weighted by atomic mass is 9.33. The fourth-order valence-corrected chi connectivity index (χ4v) is 12.0. The van der Waals surface area contributed by atoms with Gasteiger partial charge in [-0.1, -0.05) is 48.5 Å². The molecule has 1 heterocycles. The molecule has 4 saturated carbocycles. The minimum absolute atomic E-state index is 0.00432. The maximum atomic E-state index is 14.3. The summed E-state index contributed by atoms with van der Waals surface area (Å²) in [4.78, 5) is 40.1. The lowest BCUT2D eigenvalue weighted by Crippen LogP contribution is -2.66. The third-order valence-electron chi connectivity index (χ3n) is 14.1. The minimum atomic E-state index is -0.785. The smallest absolute Gasteiger partial charge is 0.302 e. The number of carbonyl (C=O) groups excluding carboxylic acids is 3. The molecule has 0 aromatic carbocycles. The van der Waals surface area contributed by atoms with Gasteiger partial charge < -0.3 is 10.1 Å². The van der Waals surface area contributed by atoms with Crippen molar-refractivity contribution < 1.29 is 19.1 Å². The zero-order valence-electron chi connectivity index (χ0n) is 27.9. The Morgan fingerprint density at radius 2 is 1.70 bits per heavy atom. The first-order chi connectivity index (χ1) is 20.0. The SMILES string of the molecule is CC(=O)O[C@H]1CC[C@@]2(C)C(CC[C@]3(C)C2CC[C@@H]2C4=C(C(C)C)C(=O)C[C@]4(C(=O)Nc4ccn(C)n4)CC[C@]23C)C1(C)C. The normalized spacial score (nSPS) is 41.7. The summed E-state index contributed by atoms with van der Waals surface area (Å²) >= 11 is 0. The summed E-state index contributed by atoms with van der Waals surface area (Å²) in [6.45, 7) is 18.1. The van der Waals surface area contributed by atoms with Crippen LogP contribution in [0.1, 0.15) is 113 Å². The highest BCUT2D eigenvalue weighted by Gasteiger charge is 2.71. The van der Waals surface area contributed by atoms with E-state index >= 15 is 0 Å². The van der Waals surface area contributed by atoms with Crippen molar-refractivity contribution in [3.63, 3.8) is 0 Å². The molecule has 8 atom stereocenters. The van der Waals surface area contributed by atoms with Gasteiger partial charge in [0.15, 0.2) is 11.6 Å². The summed E-state index contributed by atoms with van der Waals surface area (Å²) < 4.78 is 7.61. The lowest BCUT2D eigenvalue weighted by Gasteiger charge is -2.72. The van der Waals surface area contributed by atoms with Gasteiger partial charge in [0.2, 0.25) is 5.91 Å². The molecule has 0 spiro atoms. The standard InChI is InChI=1S/C36H53N3O4/c1-21(2)29-24(41)20-36(31(42)37-28-14-19-39(9)38-28)18-17-34(7)23(30(29)36)10-11-26-33(6)15-13-27(43-22(3)40)32(4,5)25(33)12-16-35(26,34)8/h14,19,21,23,25-27H,10-13,15-18,20H2,1-9H3,(H,37,38,42)/t23-,25?,26?,27+,33+,34-,35-,36-/m1/s1. The molecule has 1 amide bonds. The number of amides is 1. The highest BCUT2D eigenvalue weighted by atomic mass is 16.5. The first-order valence-corrected chi connectivity index (χ1v) is 16.8. The zero-order chi connectivity index (χ0) is 31.3. The largest absolute Gasteiger partial charge is 0.462 e. The molecule has 0 bridgehead atoms. The number of allylic oxidation sites excluding steroid dienone is 1. The number of carbonyl (C=O) groups is 3. The molecule has 7 nitrogen and oxygen atoms in total. The topological polar surface area (TPSA) is 90.3 Å². The second-order valence-corrected chi connectivity index (χ2v) is 16.6. The highest BCUT2D eigenvalue weighted by Crippen LogP contribution is 2.76. The molecule has 236 valence electrons. The van der Waals surface area contributed by atoms with E-state index in [0.29, 0.717) is 24.1 Å². The molecule has 0 radical (unpaired) electrons. The molecule has 4 fully saturated rings. The first kappa shape index (κ1) is 30.6. The number of esters is 1. The van der Waals surface area contributed by atoms with Crippen molar-refractivity contribution >= 4 is 23.5 Å². The number of Topliss-reactive ketones (excluding diaryl/α,β-unsaturated/α-hetero) is 1. The van der Waals surface area contributed by atoms with Crippen LogP contribution in [0.5, 0.6) is 0 Å². The molecule has 1 N–H and O–H groups in total. The van der Waals surface area contributed by atoms with Gasteiger partial charge in [-0.05, 0) is 102 Å². The zero-order valence-corrected chi connectivity index (χ0v) is 27.9. The third kappa shape index (κ3) is 4.11. The van der Waals surface area contributed by atoms with Gasteiger partial charge in [-0.25, -0.2) is 0 Å². The number of nitrogens with zero attached hydrogens (tertiary/aromatic N) is 2. The lowest BCUT2D eigenvalue weighted by molar-refractivity contribution is -0.232. The Morgan fingerprint density at radius 3 is 2.33 bits per heavy atom. The maximum absolute atomic E-state index is 14.3. The fourth-order valence-electron chi connectivity index (χ4n) is 12.0. The van der Waals surface area contributed by atoms with Crippen molar-refractivity contribution in [2.45, 2.75) is 119 Å². The molecule has 5 aliphatic carbocycles. The number of ether oxygens (including phenoxy) is 1. The van der Waals surface area contributed by atoms with E-state index < -0.39 is 5.41 Å². The van der Waals surface area contributed by atoms with Crippen molar-refractivity contribution in [1.82, 2.24) is 9.78 Å². The Morgan fingerprint density at radius 1 is 0.977 bits per heavy atom. The summed E-state index contributed by atoms with van der Waals surface area (Å²) in [6, 6.07) is 1.83. The van der Waals surface area contributed by atoms with Crippen LogP contribution in [0.25, 0.3) is 0 Å². The van der Waals surface area contributed by atoms with Crippen LogP contribution in [0.3, 0.4) is 0 Å². The Bertz CT molecular complexity index is 1390. The molecular weight excluding hydrogens is 538 g/mol. The number of rotatable bonds is 4. The molecule has 1 aromatic rings. The summed E-state index contributed by atoms with van der Waals surface area (Å²) in [5, 5.41) is 7.55. The molecule has 7 heteroatoms. The number of fused-ring (bicyclic) bond motifs is 7. The van der Waals surface area contributed by atoms with Gasteiger partial charge in [-0.2, -0.15) is 5.10 Å². The number of hydrogen-bond donors (Lipinski definition) is 1. The number of aryl methyl sites for hydroxylation is 1. The van der Waals surface area contributed by atoms with Gasteiger partial charge in [0.05, 0.1) is 5.41 Å². The van der Waals surface area contributed by atoms with E-state index in [9.17, 15) is 14.4 Å². The molecule has 0 saturated heterocycles. The van der Waals surface area contributed by atoms with Gasteiger partial charge >= 0.3 is 5.97 Å². The van der Waals surface area contributed by atoms with Crippen LogP contribution < -0.4 is 5.32 Å². The predicted octanol–water partition coefficient (Wildman–Crippen LogP) is 7.27. The van der Waals surface area contributed by atoms with Crippen LogP contribution in [-0.2, 0) is 26.2 Å². The van der Waals surface area contributed by atoms with Gasteiger partial charge in [0, 0.05) is 38.1 Å². The molecule has 6 rings (SSSR count). The van der Waals surface area contributed by atoms with Crippen LogP contribution in [-0.4, -0.2) is 33.5 Å². The summed E-state index contributed by atoms with van der Waals surface area (Å²) in [6.07, 6.45) is 10.1. The monoisotopic (exact) mass is 591 g/mol. The van der Waals surface area contributed by atoms with Crippen LogP contribution in [0.2, 0.25) is 0 Å². The van der Waals surface area contributed by atoms with Crippen LogP contribution in [0.4, 0.5) is 5.82 Å². The molecular formula is C36H53N3O4. The Hall–Kier alpha value is -2.44. The third-order valence-corrected chi connectivity index (χ3v) is 14.1. The van der Waals surface area contributed by atoms with E-state index in [4.69, 9.17) is 4.74 Å².